The van der Waals surface area contributed by atoms with Gasteiger partial charge >= 0.3 is 0 Å². The van der Waals surface area contributed by atoms with Crippen LogP contribution in [0.15, 0.2) is 29.3 Å². The fourth-order valence-corrected chi connectivity index (χ4v) is 4.16. The maximum atomic E-state index is 13.7. The maximum absolute atomic E-state index is 13.7. The number of unbranched alkanes of at least 4 members (excludes halogenated alkanes) is 1. The summed E-state index contributed by atoms with van der Waals surface area (Å²) in [4.78, 5) is 8.66. The number of aryl methyl sites for hydroxylation is 3. The molecule has 26 heavy (non-hydrogen) atoms. The van der Waals surface area contributed by atoms with Gasteiger partial charge in [-0.25, -0.2) is 18.7 Å². The average molecular weight is 378 g/mol. The van der Waals surface area contributed by atoms with E-state index in [9.17, 15) is 13.0 Å². The molecule has 0 bridgehead atoms. The fraction of sp³-hybridized carbons (Fsp3) is 0.333. The standard InChI is InChI=1S/C18H20F2N4OS/c1-11-10-22-18(21)16-17(11)24(12(2)23-16)7-3-4-8-26(25)15-6-5-13(19)9-14(15)20/h5-6,9-10H,3-4,7-8H2,1-2H3,(H2,21,22). The lowest BCUT2D eigenvalue weighted by molar-refractivity contribution is 0.561. The van der Waals surface area contributed by atoms with Crippen LogP contribution in [0.25, 0.3) is 11.0 Å². The first-order chi connectivity index (χ1) is 12.4. The van der Waals surface area contributed by atoms with Gasteiger partial charge in [-0.05, 0) is 44.4 Å². The van der Waals surface area contributed by atoms with E-state index < -0.39 is 22.4 Å². The lowest BCUT2D eigenvalue weighted by Gasteiger charge is -2.09. The number of nitrogens with zero attached hydrogens (tertiary/aromatic N) is 3. The molecule has 0 fully saturated rings. The lowest BCUT2D eigenvalue weighted by Crippen LogP contribution is -2.06. The molecule has 3 aromatic rings. The van der Waals surface area contributed by atoms with E-state index in [1.54, 1.807) is 6.20 Å². The van der Waals surface area contributed by atoms with Crippen LogP contribution in [0.2, 0.25) is 0 Å². The number of halogens is 2. The summed E-state index contributed by atoms with van der Waals surface area (Å²) in [6, 6.07) is 3.13. The first-order valence-electron chi connectivity index (χ1n) is 8.30. The van der Waals surface area contributed by atoms with E-state index in [0.29, 0.717) is 30.1 Å². The summed E-state index contributed by atoms with van der Waals surface area (Å²) in [6.07, 6.45) is 3.12. The summed E-state index contributed by atoms with van der Waals surface area (Å²) in [5, 5.41) is 0. The Labute approximate surface area is 152 Å². The quantitative estimate of drug-likeness (QED) is 0.666. The third-order valence-electron chi connectivity index (χ3n) is 4.27. The molecule has 138 valence electrons. The summed E-state index contributed by atoms with van der Waals surface area (Å²) in [5.74, 6) is 0.124. The van der Waals surface area contributed by atoms with Gasteiger partial charge in [0.15, 0.2) is 5.82 Å². The monoisotopic (exact) mass is 378 g/mol. The molecule has 0 saturated heterocycles. The topological polar surface area (TPSA) is 73.8 Å². The van der Waals surface area contributed by atoms with E-state index >= 15 is 0 Å². The SMILES string of the molecule is Cc1cnc(N)c2nc(C)n(CCCCS(=O)c3ccc(F)cc3F)c12. The summed E-state index contributed by atoms with van der Waals surface area (Å²) < 4.78 is 40.9. The summed E-state index contributed by atoms with van der Waals surface area (Å²) in [5.41, 5.74) is 8.55. The van der Waals surface area contributed by atoms with Crippen LogP contribution in [0.3, 0.4) is 0 Å². The van der Waals surface area contributed by atoms with Crippen LogP contribution in [-0.4, -0.2) is 24.5 Å². The van der Waals surface area contributed by atoms with Crippen molar-refractivity contribution in [3.63, 3.8) is 0 Å². The number of anilines is 1. The third kappa shape index (κ3) is 3.60. The molecule has 2 aromatic heterocycles. The van der Waals surface area contributed by atoms with Gasteiger partial charge in [0.1, 0.15) is 23.0 Å². The first kappa shape index (κ1) is 18.4. The van der Waals surface area contributed by atoms with Crippen LogP contribution in [-0.2, 0) is 17.3 Å². The number of aromatic nitrogens is 3. The Morgan fingerprint density at radius 2 is 2.00 bits per heavy atom. The second-order valence-electron chi connectivity index (χ2n) is 6.17. The van der Waals surface area contributed by atoms with Crippen molar-refractivity contribution in [2.45, 2.75) is 38.1 Å². The number of nitrogen functional groups attached to an aromatic ring is 1. The zero-order valence-electron chi connectivity index (χ0n) is 14.6. The van der Waals surface area contributed by atoms with Gasteiger partial charge in [0.25, 0.3) is 0 Å². The van der Waals surface area contributed by atoms with Crippen LogP contribution in [0.1, 0.15) is 24.2 Å². The Morgan fingerprint density at radius 3 is 2.73 bits per heavy atom. The van der Waals surface area contributed by atoms with Crippen molar-refractivity contribution in [1.82, 2.24) is 14.5 Å². The molecule has 1 unspecified atom stereocenters. The Morgan fingerprint density at radius 1 is 1.23 bits per heavy atom. The van der Waals surface area contributed by atoms with Crippen molar-refractivity contribution >= 4 is 27.7 Å². The predicted molar refractivity (Wildman–Crippen MR) is 98.3 cm³/mol. The van der Waals surface area contributed by atoms with Crippen molar-refractivity contribution < 1.29 is 13.0 Å². The van der Waals surface area contributed by atoms with E-state index in [2.05, 4.69) is 14.5 Å². The smallest absolute Gasteiger partial charge is 0.151 e. The minimum absolute atomic E-state index is 0.0466. The number of imidazole rings is 1. The van der Waals surface area contributed by atoms with Gasteiger partial charge in [-0.1, -0.05) is 0 Å². The van der Waals surface area contributed by atoms with Crippen LogP contribution >= 0.6 is 0 Å². The van der Waals surface area contributed by atoms with Gasteiger partial charge in [0.2, 0.25) is 0 Å². The maximum Gasteiger partial charge on any atom is 0.151 e. The Balaban J connectivity index is 1.65. The average Bonchev–Trinajstić information content (AvgIpc) is 2.92. The van der Waals surface area contributed by atoms with Crippen molar-refractivity contribution in [2.24, 2.45) is 0 Å². The molecule has 0 saturated carbocycles. The summed E-state index contributed by atoms with van der Waals surface area (Å²) in [7, 11) is -1.49. The largest absolute Gasteiger partial charge is 0.382 e. The Bertz CT molecular complexity index is 987. The van der Waals surface area contributed by atoms with E-state index in [1.807, 2.05) is 13.8 Å². The van der Waals surface area contributed by atoms with Gasteiger partial charge in [-0.15, -0.1) is 0 Å². The Kier molecular flexibility index (Phi) is 5.31. The van der Waals surface area contributed by atoms with Crippen molar-refractivity contribution in [2.75, 3.05) is 11.5 Å². The molecule has 1 aromatic carbocycles. The molecule has 0 aliphatic rings. The number of pyridine rings is 1. The highest BCUT2D eigenvalue weighted by atomic mass is 32.2. The van der Waals surface area contributed by atoms with Crippen molar-refractivity contribution in [3.8, 4) is 0 Å². The first-order valence-corrected chi connectivity index (χ1v) is 9.61. The molecule has 8 heteroatoms. The molecule has 5 nitrogen and oxygen atoms in total. The number of hydrogen-bond donors (Lipinski definition) is 1. The second-order valence-corrected chi connectivity index (χ2v) is 7.70. The van der Waals surface area contributed by atoms with Gasteiger partial charge in [-0.2, -0.15) is 0 Å². The predicted octanol–water partition coefficient (Wildman–Crippen LogP) is 3.50. The molecule has 0 spiro atoms. The molecule has 0 amide bonds. The van der Waals surface area contributed by atoms with Gasteiger partial charge in [0.05, 0.1) is 21.2 Å². The number of nitrogens with two attached hydrogens (primary N) is 1. The number of rotatable bonds is 6. The van der Waals surface area contributed by atoms with Crippen LogP contribution < -0.4 is 5.73 Å². The van der Waals surface area contributed by atoms with Crippen molar-refractivity contribution in [3.05, 3.63) is 47.4 Å². The minimum Gasteiger partial charge on any atom is -0.382 e. The van der Waals surface area contributed by atoms with E-state index in [0.717, 1.165) is 35.5 Å². The van der Waals surface area contributed by atoms with E-state index in [-0.39, 0.29) is 4.90 Å². The fourth-order valence-electron chi connectivity index (χ4n) is 2.98. The summed E-state index contributed by atoms with van der Waals surface area (Å²) >= 11 is 0. The van der Waals surface area contributed by atoms with Crippen LogP contribution in [0.4, 0.5) is 14.6 Å². The highest BCUT2D eigenvalue weighted by molar-refractivity contribution is 7.85. The summed E-state index contributed by atoms with van der Waals surface area (Å²) in [6.45, 7) is 4.55. The van der Waals surface area contributed by atoms with Gasteiger partial charge < -0.3 is 10.3 Å². The Hall–Kier alpha value is -2.35. The molecule has 2 heterocycles. The van der Waals surface area contributed by atoms with Gasteiger partial charge in [0, 0.05) is 24.6 Å². The van der Waals surface area contributed by atoms with Gasteiger partial charge in [-0.3, -0.25) is 4.21 Å². The lowest BCUT2D eigenvalue weighted by atomic mass is 10.2. The van der Waals surface area contributed by atoms with Crippen LogP contribution in [0.5, 0.6) is 0 Å². The molecule has 2 N–H and O–H groups in total. The number of fused-ring (bicyclic) bond motifs is 1. The van der Waals surface area contributed by atoms with Crippen LogP contribution in [0, 0.1) is 25.5 Å². The molecule has 0 radical (unpaired) electrons. The molecule has 0 aliphatic heterocycles. The second kappa shape index (κ2) is 7.49. The molecule has 1 atom stereocenters. The third-order valence-corrected chi connectivity index (χ3v) is 5.75. The minimum atomic E-state index is -1.49. The van der Waals surface area contributed by atoms with Crippen molar-refractivity contribution in [1.29, 1.82) is 0 Å². The molecule has 3 rings (SSSR count). The number of benzene rings is 1. The van der Waals surface area contributed by atoms with E-state index in [1.165, 1.54) is 6.07 Å². The zero-order valence-corrected chi connectivity index (χ0v) is 15.4. The normalized spacial score (nSPS) is 12.6. The number of hydrogen-bond acceptors (Lipinski definition) is 4. The highest BCUT2D eigenvalue weighted by Crippen LogP contribution is 2.24. The van der Waals surface area contributed by atoms with E-state index in [4.69, 9.17) is 5.73 Å². The molecular formula is C18H20F2N4OS. The zero-order chi connectivity index (χ0) is 18.8. The highest BCUT2D eigenvalue weighted by Gasteiger charge is 2.14. The molecular weight excluding hydrogens is 358 g/mol. The molecule has 0 aliphatic carbocycles.